The number of anilines is 2. The van der Waals surface area contributed by atoms with Crippen LogP contribution < -0.4 is 20.5 Å². The summed E-state index contributed by atoms with van der Waals surface area (Å²) < 4.78 is 15.4. The lowest BCUT2D eigenvalue weighted by atomic mass is 10.2. The molecule has 3 N–H and O–H groups in total. The fourth-order valence-electron chi connectivity index (χ4n) is 2.12. The number of nitrogens with two attached hydrogens (primary N) is 1. The van der Waals surface area contributed by atoms with E-state index in [2.05, 4.69) is 5.32 Å². The average molecular weight is 379 g/mol. The number of nitrogen functional groups attached to an aromatic ring is 1. The monoisotopic (exact) mass is 378 g/mol. The molecule has 0 aliphatic rings. The molecule has 2 rings (SSSR count). The molecule has 0 aliphatic carbocycles. The molecule has 8 heteroatoms. The molecule has 0 radical (unpaired) electrons. The van der Waals surface area contributed by atoms with E-state index in [1.54, 1.807) is 24.3 Å². The normalized spacial score (nSPS) is 11.4. The number of carbonyl (C=O) groups is 2. The highest BCUT2D eigenvalue weighted by Crippen LogP contribution is 2.29. The predicted molar refractivity (Wildman–Crippen MR) is 98.9 cm³/mol. The second-order valence-corrected chi connectivity index (χ2v) is 5.75. The number of hydrogen-bond acceptors (Lipinski definition) is 6. The number of carbonyl (C=O) groups excluding carboxylic acids is 2. The van der Waals surface area contributed by atoms with E-state index in [1.165, 1.54) is 33.3 Å². The zero-order valence-corrected chi connectivity index (χ0v) is 15.3. The third kappa shape index (κ3) is 4.58. The van der Waals surface area contributed by atoms with Crippen LogP contribution in [-0.2, 0) is 9.53 Å². The van der Waals surface area contributed by atoms with Crippen LogP contribution >= 0.6 is 11.6 Å². The maximum Gasteiger partial charge on any atom is 0.342 e. The second-order valence-electron chi connectivity index (χ2n) is 5.34. The number of halogens is 1. The molecule has 0 saturated carbocycles. The molecular weight excluding hydrogens is 360 g/mol. The van der Waals surface area contributed by atoms with E-state index in [0.717, 1.165) is 0 Å². The van der Waals surface area contributed by atoms with Crippen LogP contribution in [0.1, 0.15) is 17.3 Å². The minimum atomic E-state index is -1.05. The van der Waals surface area contributed by atoms with Crippen LogP contribution in [0, 0.1) is 0 Å². The zero-order chi connectivity index (χ0) is 19.3. The minimum Gasteiger partial charge on any atom is -0.497 e. The highest BCUT2D eigenvalue weighted by atomic mass is 35.5. The highest BCUT2D eigenvalue weighted by Gasteiger charge is 2.22. The van der Waals surface area contributed by atoms with Gasteiger partial charge in [0.05, 0.1) is 24.9 Å². The van der Waals surface area contributed by atoms with Gasteiger partial charge in [-0.2, -0.15) is 0 Å². The van der Waals surface area contributed by atoms with Gasteiger partial charge in [-0.1, -0.05) is 17.7 Å². The van der Waals surface area contributed by atoms with E-state index in [1.807, 2.05) is 0 Å². The van der Waals surface area contributed by atoms with Gasteiger partial charge in [-0.05, 0) is 25.1 Å². The van der Waals surface area contributed by atoms with E-state index >= 15 is 0 Å². The maximum absolute atomic E-state index is 12.4. The number of ether oxygens (including phenoxy) is 3. The van der Waals surface area contributed by atoms with E-state index in [9.17, 15) is 9.59 Å². The predicted octanol–water partition coefficient (Wildman–Crippen LogP) is 3.12. The van der Waals surface area contributed by atoms with Crippen LogP contribution in [0.2, 0.25) is 5.02 Å². The molecule has 1 atom stereocenters. The lowest BCUT2D eigenvalue weighted by Crippen LogP contribution is -2.30. The Bertz CT molecular complexity index is 825. The van der Waals surface area contributed by atoms with Crippen LogP contribution in [0.4, 0.5) is 11.4 Å². The lowest BCUT2D eigenvalue weighted by Gasteiger charge is -2.15. The number of benzene rings is 2. The summed E-state index contributed by atoms with van der Waals surface area (Å²) in [6.45, 7) is 1.46. The summed E-state index contributed by atoms with van der Waals surface area (Å²) in [6.07, 6.45) is -1.05. The van der Waals surface area contributed by atoms with Crippen molar-refractivity contribution in [2.75, 3.05) is 25.3 Å². The number of esters is 1. The first-order valence-corrected chi connectivity index (χ1v) is 8.02. The number of nitrogens with one attached hydrogen (secondary N) is 1. The van der Waals surface area contributed by atoms with Crippen LogP contribution in [-0.4, -0.2) is 32.2 Å². The van der Waals surface area contributed by atoms with E-state index in [4.69, 9.17) is 31.5 Å². The van der Waals surface area contributed by atoms with Crippen molar-refractivity contribution >= 4 is 34.9 Å². The first kappa shape index (κ1) is 19.4. The number of methoxy groups -OCH3 is 2. The maximum atomic E-state index is 12.4. The molecule has 0 saturated heterocycles. The summed E-state index contributed by atoms with van der Waals surface area (Å²) in [4.78, 5) is 24.6. The van der Waals surface area contributed by atoms with Crippen molar-refractivity contribution in [3.8, 4) is 11.5 Å². The van der Waals surface area contributed by atoms with Crippen LogP contribution in [0.25, 0.3) is 0 Å². The van der Waals surface area contributed by atoms with Gasteiger partial charge in [0.2, 0.25) is 0 Å². The highest BCUT2D eigenvalue weighted by molar-refractivity contribution is 6.33. The van der Waals surface area contributed by atoms with Crippen LogP contribution in [0.5, 0.6) is 11.5 Å². The van der Waals surface area contributed by atoms with Gasteiger partial charge in [0.1, 0.15) is 17.1 Å². The van der Waals surface area contributed by atoms with Crippen molar-refractivity contribution in [2.45, 2.75) is 13.0 Å². The average Bonchev–Trinajstić information content (AvgIpc) is 2.63. The topological polar surface area (TPSA) is 99.9 Å². The first-order chi connectivity index (χ1) is 12.3. The standard InChI is InChI=1S/C18H19ClN2O5/c1-10(17(22)21-11-5-4-6-12(7-11)24-2)26-18(23)13-8-14(19)15(20)9-16(13)25-3/h4-10H,20H2,1-3H3,(H,21,22)/t10-/m1/s1. The van der Waals surface area contributed by atoms with Gasteiger partial charge in [0.15, 0.2) is 6.10 Å². The molecule has 0 aromatic heterocycles. The van der Waals surface area contributed by atoms with Gasteiger partial charge in [-0.25, -0.2) is 4.79 Å². The number of rotatable bonds is 6. The third-order valence-electron chi connectivity index (χ3n) is 3.53. The van der Waals surface area contributed by atoms with Crippen molar-refractivity contribution in [1.82, 2.24) is 0 Å². The third-order valence-corrected chi connectivity index (χ3v) is 3.86. The van der Waals surface area contributed by atoms with E-state index < -0.39 is 18.0 Å². The Balaban J connectivity index is 2.08. The quantitative estimate of drug-likeness (QED) is 0.591. The van der Waals surface area contributed by atoms with Crippen molar-refractivity contribution in [3.63, 3.8) is 0 Å². The fraction of sp³-hybridized carbons (Fsp3) is 0.222. The molecule has 138 valence electrons. The summed E-state index contributed by atoms with van der Waals surface area (Å²) in [5, 5.41) is 2.84. The van der Waals surface area contributed by atoms with Crippen molar-refractivity contribution in [2.24, 2.45) is 0 Å². The van der Waals surface area contributed by atoms with Gasteiger partial charge < -0.3 is 25.3 Å². The van der Waals surface area contributed by atoms with Gasteiger partial charge in [0.25, 0.3) is 5.91 Å². The van der Waals surface area contributed by atoms with Gasteiger partial charge in [-0.15, -0.1) is 0 Å². The largest absolute Gasteiger partial charge is 0.497 e. The molecule has 26 heavy (non-hydrogen) atoms. The van der Waals surface area contributed by atoms with Crippen molar-refractivity contribution in [1.29, 1.82) is 0 Å². The SMILES string of the molecule is COc1cccc(NC(=O)[C@@H](C)OC(=O)c2cc(Cl)c(N)cc2OC)c1. The molecule has 0 aliphatic heterocycles. The fourth-order valence-corrected chi connectivity index (χ4v) is 2.28. The Hall–Kier alpha value is -2.93. The van der Waals surface area contributed by atoms with Gasteiger partial charge in [0, 0.05) is 17.8 Å². The molecule has 0 fully saturated rings. The van der Waals surface area contributed by atoms with E-state index in [-0.39, 0.29) is 22.0 Å². The zero-order valence-electron chi connectivity index (χ0n) is 14.5. The second kappa shape index (κ2) is 8.44. The van der Waals surface area contributed by atoms with Crippen LogP contribution in [0.3, 0.4) is 0 Å². The molecule has 2 aromatic rings. The van der Waals surface area contributed by atoms with Crippen molar-refractivity contribution < 1.29 is 23.8 Å². The minimum absolute atomic E-state index is 0.0766. The molecule has 0 bridgehead atoms. The molecule has 0 spiro atoms. The Morgan fingerprint density at radius 2 is 1.88 bits per heavy atom. The Morgan fingerprint density at radius 1 is 1.15 bits per heavy atom. The van der Waals surface area contributed by atoms with Crippen LogP contribution in [0.15, 0.2) is 36.4 Å². The summed E-state index contributed by atoms with van der Waals surface area (Å²) in [5.74, 6) is -0.449. The lowest BCUT2D eigenvalue weighted by molar-refractivity contribution is -0.123. The molecular formula is C18H19ClN2O5. The summed E-state index contributed by atoms with van der Waals surface area (Å²) in [6, 6.07) is 9.57. The number of hydrogen-bond donors (Lipinski definition) is 2. The summed E-state index contributed by atoms with van der Waals surface area (Å²) in [7, 11) is 2.91. The van der Waals surface area contributed by atoms with Gasteiger partial charge >= 0.3 is 5.97 Å². The smallest absolute Gasteiger partial charge is 0.342 e. The molecule has 0 heterocycles. The van der Waals surface area contributed by atoms with E-state index in [0.29, 0.717) is 11.4 Å². The first-order valence-electron chi connectivity index (χ1n) is 7.64. The molecule has 2 aromatic carbocycles. The Morgan fingerprint density at radius 3 is 2.54 bits per heavy atom. The Kier molecular flexibility index (Phi) is 6.30. The van der Waals surface area contributed by atoms with Gasteiger partial charge in [-0.3, -0.25) is 4.79 Å². The molecule has 1 amide bonds. The summed E-state index contributed by atoms with van der Waals surface area (Å²) in [5.41, 5.74) is 6.55. The number of amides is 1. The Labute approximate surface area is 156 Å². The molecule has 0 unspecified atom stereocenters. The molecule has 7 nitrogen and oxygen atoms in total. The summed E-state index contributed by atoms with van der Waals surface area (Å²) >= 11 is 5.94. The van der Waals surface area contributed by atoms with Crippen molar-refractivity contribution in [3.05, 3.63) is 47.0 Å².